The maximum absolute atomic E-state index is 4.40. The van der Waals surface area contributed by atoms with Crippen LogP contribution in [0.2, 0.25) is 0 Å². The molecule has 102 valence electrons. The summed E-state index contributed by atoms with van der Waals surface area (Å²) in [6.07, 6.45) is 7.33. The van der Waals surface area contributed by atoms with Crippen LogP contribution in [0, 0.1) is 6.92 Å². The highest BCUT2D eigenvalue weighted by Gasteiger charge is 2.01. The van der Waals surface area contributed by atoms with Crippen LogP contribution in [0.25, 0.3) is 5.82 Å². The smallest absolute Gasteiger partial charge is 0.153 e. The number of aromatic amines is 1. The van der Waals surface area contributed by atoms with E-state index in [1.807, 2.05) is 37.6 Å². The summed E-state index contributed by atoms with van der Waals surface area (Å²) in [6, 6.07) is 5.90. The molecule has 0 radical (unpaired) electrons. The molecule has 0 bridgehead atoms. The maximum atomic E-state index is 4.40. The molecule has 20 heavy (non-hydrogen) atoms. The van der Waals surface area contributed by atoms with E-state index in [1.54, 1.807) is 10.9 Å². The van der Waals surface area contributed by atoms with Gasteiger partial charge in [0.2, 0.25) is 0 Å². The fourth-order valence-corrected chi connectivity index (χ4v) is 1.96. The summed E-state index contributed by atoms with van der Waals surface area (Å²) in [4.78, 5) is 4.40. The van der Waals surface area contributed by atoms with Gasteiger partial charge in [0.1, 0.15) is 0 Å². The highest BCUT2D eigenvalue weighted by molar-refractivity contribution is 5.24. The molecule has 0 atom stereocenters. The standard InChI is InChI=1S/C14H16N6/c1-11-13(10-17-19-11)9-15-7-12-3-4-14(16-8-12)20-6-2-5-18-20/h2-6,8,10,15H,7,9H2,1H3,(H,17,19). The predicted molar refractivity (Wildman–Crippen MR) is 75.2 cm³/mol. The lowest BCUT2D eigenvalue weighted by atomic mass is 10.2. The van der Waals surface area contributed by atoms with Gasteiger partial charge in [-0.2, -0.15) is 10.2 Å². The van der Waals surface area contributed by atoms with Crippen molar-refractivity contribution in [1.29, 1.82) is 0 Å². The third-order valence-corrected chi connectivity index (χ3v) is 3.13. The first-order valence-corrected chi connectivity index (χ1v) is 6.47. The molecule has 0 saturated heterocycles. The molecule has 3 rings (SSSR count). The first kappa shape index (κ1) is 12.6. The minimum atomic E-state index is 0.775. The van der Waals surface area contributed by atoms with Gasteiger partial charge in [-0.15, -0.1) is 0 Å². The van der Waals surface area contributed by atoms with E-state index in [4.69, 9.17) is 0 Å². The summed E-state index contributed by atoms with van der Waals surface area (Å²) in [5, 5.41) is 14.5. The lowest BCUT2D eigenvalue weighted by Gasteiger charge is -2.05. The Hall–Kier alpha value is -2.47. The monoisotopic (exact) mass is 268 g/mol. The zero-order chi connectivity index (χ0) is 13.8. The van der Waals surface area contributed by atoms with E-state index < -0.39 is 0 Å². The summed E-state index contributed by atoms with van der Waals surface area (Å²) in [5.74, 6) is 0.824. The molecule has 0 fully saturated rings. The highest BCUT2D eigenvalue weighted by atomic mass is 15.3. The molecule has 0 aliphatic carbocycles. The van der Waals surface area contributed by atoms with Crippen LogP contribution in [0.3, 0.4) is 0 Å². The van der Waals surface area contributed by atoms with E-state index in [9.17, 15) is 0 Å². The Bertz CT molecular complexity index is 653. The van der Waals surface area contributed by atoms with Crippen molar-refractivity contribution in [2.75, 3.05) is 0 Å². The van der Waals surface area contributed by atoms with Gasteiger partial charge in [-0.3, -0.25) is 5.10 Å². The molecule has 0 spiro atoms. The molecule has 0 aliphatic heterocycles. The molecular weight excluding hydrogens is 252 g/mol. The Balaban J connectivity index is 1.57. The number of hydrogen-bond donors (Lipinski definition) is 2. The van der Waals surface area contributed by atoms with Gasteiger partial charge in [0.25, 0.3) is 0 Å². The van der Waals surface area contributed by atoms with Gasteiger partial charge < -0.3 is 5.32 Å². The van der Waals surface area contributed by atoms with E-state index in [2.05, 4.69) is 31.7 Å². The first-order chi connectivity index (χ1) is 9.83. The van der Waals surface area contributed by atoms with Gasteiger partial charge in [-0.1, -0.05) is 6.07 Å². The molecule has 0 aromatic carbocycles. The molecule has 3 aromatic rings. The zero-order valence-electron chi connectivity index (χ0n) is 11.2. The third kappa shape index (κ3) is 2.75. The summed E-state index contributed by atoms with van der Waals surface area (Å²) in [5.41, 5.74) is 3.43. The second-order valence-corrected chi connectivity index (χ2v) is 4.60. The number of H-pyrrole nitrogens is 1. The van der Waals surface area contributed by atoms with Crippen LogP contribution in [0.5, 0.6) is 0 Å². The van der Waals surface area contributed by atoms with E-state index in [-0.39, 0.29) is 0 Å². The second-order valence-electron chi connectivity index (χ2n) is 4.60. The number of aryl methyl sites for hydroxylation is 1. The molecule has 3 heterocycles. The van der Waals surface area contributed by atoms with E-state index >= 15 is 0 Å². The Kier molecular flexibility index (Phi) is 3.56. The van der Waals surface area contributed by atoms with Gasteiger partial charge in [-0.25, -0.2) is 9.67 Å². The molecule has 0 amide bonds. The number of hydrogen-bond acceptors (Lipinski definition) is 4. The lowest BCUT2D eigenvalue weighted by Crippen LogP contribution is -2.13. The van der Waals surface area contributed by atoms with Gasteiger partial charge in [0.05, 0.1) is 6.20 Å². The van der Waals surface area contributed by atoms with Crippen molar-refractivity contribution in [3.05, 3.63) is 59.8 Å². The predicted octanol–water partition coefficient (Wildman–Crippen LogP) is 1.59. The third-order valence-electron chi connectivity index (χ3n) is 3.13. The summed E-state index contributed by atoms with van der Waals surface area (Å²) >= 11 is 0. The average Bonchev–Trinajstić information content (AvgIpc) is 3.12. The molecule has 6 nitrogen and oxygen atoms in total. The molecule has 2 N–H and O–H groups in total. The number of aromatic nitrogens is 5. The van der Waals surface area contributed by atoms with Crippen LogP contribution in [0.1, 0.15) is 16.8 Å². The highest BCUT2D eigenvalue weighted by Crippen LogP contribution is 2.06. The van der Waals surface area contributed by atoms with Gasteiger partial charge in [-0.05, 0) is 24.6 Å². The first-order valence-electron chi connectivity index (χ1n) is 6.47. The van der Waals surface area contributed by atoms with Crippen LogP contribution in [-0.4, -0.2) is 25.0 Å². The van der Waals surface area contributed by atoms with Crippen molar-refractivity contribution < 1.29 is 0 Å². The van der Waals surface area contributed by atoms with E-state index in [1.165, 1.54) is 5.56 Å². The average molecular weight is 268 g/mol. The van der Waals surface area contributed by atoms with Crippen molar-refractivity contribution >= 4 is 0 Å². The van der Waals surface area contributed by atoms with Crippen LogP contribution >= 0.6 is 0 Å². The Morgan fingerprint density at radius 1 is 1.25 bits per heavy atom. The van der Waals surface area contributed by atoms with E-state index in [0.29, 0.717) is 0 Å². The van der Waals surface area contributed by atoms with Crippen molar-refractivity contribution in [1.82, 2.24) is 30.3 Å². The Labute approximate surface area is 116 Å². The topological polar surface area (TPSA) is 71.4 Å². The second kappa shape index (κ2) is 5.66. The molecule has 0 saturated carbocycles. The Morgan fingerprint density at radius 3 is 2.85 bits per heavy atom. The van der Waals surface area contributed by atoms with Gasteiger partial charge in [0, 0.05) is 42.9 Å². The summed E-state index contributed by atoms with van der Waals surface area (Å²) < 4.78 is 1.74. The Morgan fingerprint density at radius 2 is 2.20 bits per heavy atom. The van der Waals surface area contributed by atoms with Crippen molar-refractivity contribution in [2.45, 2.75) is 20.0 Å². The summed E-state index contributed by atoms with van der Waals surface area (Å²) in [6.45, 7) is 3.59. The van der Waals surface area contributed by atoms with Crippen LogP contribution < -0.4 is 5.32 Å². The lowest BCUT2D eigenvalue weighted by molar-refractivity contribution is 0.688. The summed E-state index contributed by atoms with van der Waals surface area (Å²) in [7, 11) is 0. The van der Waals surface area contributed by atoms with E-state index in [0.717, 1.165) is 30.2 Å². The fraction of sp³-hybridized carbons (Fsp3) is 0.214. The van der Waals surface area contributed by atoms with Crippen molar-refractivity contribution in [2.24, 2.45) is 0 Å². The van der Waals surface area contributed by atoms with Gasteiger partial charge >= 0.3 is 0 Å². The SMILES string of the molecule is Cc1[nH]ncc1CNCc1ccc(-n2cccn2)nc1. The molecular formula is C14H16N6. The van der Waals surface area contributed by atoms with Crippen LogP contribution in [0.4, 0.5) is 0 Å². The minimum Gasteiger partial charge on any atom is -0.308 e. The fourth-order valence-electron chi connectivity index (χ4n) is 1.96. The van der Waals surface area contributed by atoms with Crippen molar-refractivity contribution in [3.8, 4) is 5.82 Å². The van der Waals surface area contributed by atoms with Crippen molar-refractivity contribution in [3.63, 3.8) is 0 Å². The van der Waals surface area contributed by atoms with Crippen LogP contribution in [0.15, 0.2) is 43.0 Å². The maximum Gasteiger partial charge on any atom is 0.153 e. The largest absolute Gasteiger partial charge is 0.308 e. The molecule has 0 aliphatic rings. The molecule has 3 aromatic heterocycles. The molecule has 6 heteroatoms. The number of nitrogens with zero attached hydrogens (tertiary/aromatic N) is 4. The minimum absolute atomic E-state index is 0.775. The molecule has 0 unspecified atom stereocenters. The number of nitrogens with one attached hydrogen (secondary N) is 2. The quantitative estimate of drug-likeness (QED) is 0.737. The number of pyridine rings is 1. The zero-order valence-corrected chi connectivity index (χ0v) is 11.2. The normalized spacial score (nSPS) is 10.8. The van der Waals surface area contributed by atoms with Crippen LogP contribution in [-0.2, 0) is 13.1 Å². The van der Waals surface area contributed by atoms with Gasteiger partial charge in [0.15, 0.2) is 5.82 Å². The number of rotatable bonds is 5.